The fourth-order valence-electron chi connectivity index (χ4n) is 4.96. The second-order valence-corrected chi connectivity index (χ2v) is 10.8. The lowest BCUT2D eigenvalue weighted by molar-refractivity contribution is 0.0714. The number of amides is 1. The topological polar surface area (TPSA) is 50.5 Å². The summed E-state index contributed by atoms with van der Waals surface area (Å²) >= 11 is 6.46. The van der Waals surface area contributed by atoms with Crippen LogP contribution < -0.4 is 5.43 Å². The van der Waals surface area contributed by atoms with Gasteiger partial charge in [-0.05, 0) is 59.2 Å². The van der Waals surface area contributed by atoms with Crippen LogP contribution in [0.25, 0.3) is 11.0 Å². The van der Waals surface area contributed by atoms with Gasteiger partial charge in [0, 0.05) is 11.6 Å². The van der Waals surface area contributed by atoms with Crippen LogP contribution in [0.1, 0.15) is 70.7 Å². The number of hydrogen-bond donors (Lipinski definition) is 0. The van der Waals surface area contributed by atoms with Crippen LogP contribution in [0.4, 0.5) is 0 Å². The van der Waals surface area contributed by atoms with Crippen molar-refractivity contribution in [2.24, 2.45) is 0 Å². The fourth-order valence-corrected chi connectivity index (χ4v) is 5.16. The summed E-state index contributed by atoms with van der Waals surface area (Å²) in [4.78, 5) is 29.3. The van der Waals surface area contributed by atoms with Crippen molar-refractivity contribution in [1.82, 2.24) is 4.90 Å². The normalized spacial score (nSPS) is 15.7. The number of nitrogens with zero attached hydrogens (tertiary/aromatic N) is 1. The molecule has 1 aliphatic rings. The van der Waals surface area contributed by atoms with Crippen LogP contribution in [0.5, 0.6) is 0 Å². The Bertz CT molecular complexity index is 1530. The highest BCUT2D eigenvalue weighted by Crippen LogP contribution is 2.40. The lowest BCUT2D eigenvalue weighted by Gasteiger charge is -2.26. The van der Waals surface area contributed by atoms with Crippen molar-refractivity contribution in [2.45, 2.75) is 52.6 Å². The average Bonchev–Trinajstić information content (AvgIpc) is 3.07. The average molecular weight is 486 g/mol. The number of halogens is 1. The molecule has 1 unspecified atom stereocenters. The molecule has 0 spiro atoms. The molecule has 0 bridgehead atoms. The number of carbonyl (C=O) groups is 1. The minimum atomic E-state index is -0.566. The lowest BCUT2D eigenvalue weighted by atomic mass is 9.85. The van der Waals surface area contributed by atoms with E-state index >= 15 is 0 Å². The molecular weight excluding hydrogens is 458 g/mol. The number of benzene rings is 3. The van der Waals surface area contributed by atoms with Crippen LogP contribution >= 0.6 is 11.6 Å². The third-order valence-corrected chi connectivity index (χ3v) is 7.16. The van der Waals surface area contributed by atoms with Gasteiger partial charge in [0.05, 0.1) is 17.0 Å². The summed E-state index contributed by atoms with van der Waals surface area (Å²) in [6.07, 6.45) is 0. The number of hydrogen-bond acceptors (Lipinski definition) is 3. The van der Waals surface area contributed by atoms with E-state index in [-0.39, 0.29) is 29.1 Å². The molecule has 0 saturated heterocycles. The Morgan fingerprint density at radius 2 is 1.66 bits per heavy atom. The zero-order valence-electron chi connectivity index (χ0n) is 20.6. The standard InChI is InChI=1S/C30H28ClNO3/c1-17-14-18(2)27-22(15-17)26(33)24-25(19-10-12-21(13-11-19)30(3,4)5)32(29(34)28(24)35-27)16-20-8-6-7-9-23(20)31/h6-15,25H,16H2,1-5H3. The summed E-state index contributed by atoms with van der Waals surface area (Å²) in [6.45, 7) is 10.6. The van der Waals surface area contributed by atoms with Gasteiger partial charge in [-0.2, -0.15) is 0 Å². The van der Waals surface area contributed by atoms with Gasteiger partial charge in [0.1, 0.15) is 5.58 Å². The van der Waals surface area contributed by atoms with Gasteiger partial charge >= 0.3 is 0 Å². The highest BCUT2D eigenvalue weighted by molar-refractivity contribution is 6.31. The van der Waals surface area contributed by atoms with Crippen LogP contribution in [0.2, 0.25) is 5.02 Å². The molecule has 4 aromatic rings. The highest BCUT2D eigenvalue weighted by Gasteiger charge is 2.43. The molecule has 2 heterocycles. The van der Waals surface area contributed by atoms with E-state index in [0.29, 0.717) is 21.6 Å². The van der Waals surface area contributed by atoms with Gasteiger partial charge in [-0.3, -0.25) is 9.59 Å². The van der Waals surface area contributed by atoms with Crippen molar-refractivity contribution in [3.63, 3.8) is 0 Å². The first kappa shape index (κ1) is 23.4. The van der Waals surface area contributed by atoms with Crippen molar-refractivity contribution in [3.8, 4) is 0 Å². The van der Waals surface area contributed by atoms with E-state index in [9.17, 15) is 9.59 Å². The van der Waals surface area contributed by atoms with E-state index in [1.165, 1.54) is 5.56 Å². The molecule has 1 amide bonds. The van der Waals surface area contributed by atoms with Gasteiger partial charge in [-0.25, -0.2) is 0 Å². The second kappa shape index (κ2) is 8.39. The molecule has 178 valence electrons. The van der Waals surface area contributed by atoms with Crippen molar-refractivity contribution < 1.29 is 9.21 Å². The van der Waals surface area contributed by atoms with Crippen LogP contribution in [-0.2, 0) is 12.0 Å². The van der Waals surface area contributed by atoms with E-state index in [1.54, 1.807) is 4.90 Å². The summed E-state index contributed by atoms with van der Waals surface area (Å²) in [5, 5.41) is 1.08. The van der Waals surface area contributed by atoms with Crippen molar-refractivity contribution in [3.05, 3.63) is 115 Å². The van der Waals surface area contributed by atoms with Gasteiger partial charge < -0.3 is 9.32 Å². The third kappa shape index (κ3) is 3.96. The van der Waals surface area contributed by atoms with E-state index in [2.05, 4.69) is 32.9 Å². The first-order valence-electron chi connectivity index (χ1n) is 11.8. The molecule has 5 rings (SSSR count). The molecule has 1 aromatic heterocycles. The molecule has 0 N–H and O–H groups in total. The van der Waals surface area contributed by atoms with Crippen molar-refractivity contribution in [1.29, 1.82) is 0 Å². The summed E-state index contributed by atoms with van der Waals surface area (Å²) in [5.41, 5.74) is 5.37. The first-order valence-corrected chi connectivity index (χ1v) is 12.2. The Labute approximate surface area is 210 Å². The van der Waals surface area contributed by atoms with Gasteiger partial charge in [0.15, 0.2) is 5.43 Å². The number of fused-ring (bicyclic) bond motifs is 2. The predicted molar refractivity (Wildman–Crippen MR) is 140 cm³/mol. The number of rotatable bonds is 3. The maximum absolute atomic E-state index is 13.9. The minimum Gasteiger partial charge on any atom is -0.450 e. The first-order chi connectivity index (χ1) is 16.6. The molecular formula is C30H28ClNO3. The number of aryl methyl sites for hydroxylation is 2. The number of carbonyl (C=O) groups excluding carboxylic acids is 1. The van der Waals surface area contributed by atoms with Crippen LogP contribution in [0, 0.1) is 13.8 Å². The smallest absolute Gasteiger partial charge is 0.291 e. The van der Waals surface area contributed by atoms with Gasteiger partial charge in [-0.1, -0.05) is 80.9 Å². The maximum atomic E-state index is 13.9. The third-order valence-electron chi connectivity index (χ3n) is 6.79. The minimum absolute atomic E-state index is 0.0104. The Balaban J connectivity index is 1.74. The van der Waals surface area contributed by atoms with Gasteiger partial charge in [0.2, 0.25) is 5.76 Å². The highest BCUT2D eigenvalue weighted by atomic mass is 35.5. The molecule has 0 aliphatic carbocycles. The SMILES string of the molecule is Cc1cc(C)c2oc3c(c(=O)c2c1)C(c1ccc(C(C)(C)C)cc1)N(Cc1ccccc1Cl)C3=O. The molecule has 35 heavy (non-hydrogen) atoms. The largest absolute Gasteiger partial charge is 0.450 e. The molecule has 0 saturated carbocycles. The lowest BCUT2D eigenvalue weighted by Crippen LogP contribution is -2.29. The second-order valence-electron chi connectivity index (χ2n) is 10.4. The van der Waals surface area contributed by atoms with Crippen LogP contribution in [0.15, 0.2) is 69.9 Å². The Morgan fingerprint density at radius 1 is 0.971 bits per heavy atom. The predicted octanol–water partition coefficient (Wildman–Crippen LogP) is 7.11. The maximum Gasteiger partial charge on any atom is 0.291 e. The van der Waals surface area contributed by atoms with E-state index in [0.717, 1.165) is 22.3 Å². The zero-order chi connectivity index (χ0) is 25.1. The quantitative estimate of drug-likeness (QED) is 0.311. The Kier molecular flexibility index (Phi) is 5.60. The molecule has 3 aromatic carbocycles. The Morgan fingerprint density at radius 3 is 2.31 bits per heavy atom. The fraction of sp³-hybridized carbons (Fsp3) is 0.267. The van der Waals surface area contributed by atoms with Crippen molar-refractivity contribution >= 4 is 28.5 Å². The van der Waals surface area contributed by atoms with E-state index < -0.39 is 6.04 Å². The van der Waals surface area contributed by atoms with Crippen LogP contribution in [-0.4, -0.2) is 10.8 Å². The molecule has 0 fully saturated rings. The van der Waals surface area contributed by atoms with Gasteiger partial charge in [0.25, 0.3) is 5.91 Å². The molecule has 1 aliphatic heterocycles. The Hall–Kier alpha value is -3.37. The summed E-state index contributed by atoms with van der Waals surface area (Å²) < 4.78 is 6.19. The molecule has 0 radical (unpaired) electrons. The molecule has 4 nitrogen and oxygen atoms in total. The monoisotopic (exact) mass is 485 g/mol. The summed E-state index contributed by atoms with van der Waals surface area (Å²) in [6, 6.07) is 18.9. The van der Waals surface area contributed by atoms with Crippen molar-refractivity contribution in [2.75, 3.05) is 0 Å². The van der Waals surface area contributed by atoms with E-state index in [4.69, 9.17) is 16.0 Å². The molecule has 5 heteroatoms. The molecule has 1 atom stereocenters. The zero-order valence-corrected chi connectivity index (χ0v) is 21.4. The summed E-state index contributed by atoms with van der Waals surface area (Å²) in [7, 11) is 0. The summed E-state index contributed by atoms with van der Waals surface area (Å²) in [5.74, 6) is -0.185. The van der Waals surface area contributed by atoms with Gasteiger partial charge in [-0.15, -0.1) is 0 Å². The van der Waals surface area contributed by atoms with E-state index in [1.807, 2.05) is 62.4 Å². The van der Waals surface area contributed by atoms with Crippen LogP contribution in [0.3, 0.4) is 0 Å².